The van der Waals surface area contributed by atoms with Crippen LogP contribution in [0.4, 0.5) is 28.7 Å². The Morgan fingerprint density at radius 1 is 1.17 bits per heavy atom. The van der Waals surface area contributed by atoms with E-state index in [1.54, 1.807) is 23.1 Å². The van der Waals surface area contributed by atoms with E-state index in [-0.39, 0.29) is 24.1 Å². The number of aromatic nitrogens is 2. The van der Waals surface area contributed by atoms with Crippen molar-refractivity contribution < 1.29 is 14.4 Å². The average Bonchev–Trinajstić information content (AvgIpc) is 3.16. The van der Waals surface area contributed by atoms with Crippen LogP contribution in [0.3, 0.4) is 0 Å². The molecule has 29 heavy (non-hydrogen) atoms. The van der Waals surface area contributed by atoms with Crippen molar-refractivity contribution in [3.63, 3.8) is 0 Å². The summed E-state index contributed by atoms with van der Waals surface area (Å²) in [6.07, 6.45) is 1.32. The Hall–Kier alpha value is -3.88. The van der Waals surface area contributed by atoms with Gasteiger partial charge in [0.1, 0.15) is 6.33 Å². The van der Waals surface area contributed by atoms with Crippen LogP contribution in [0.15, 0.2) is 48.8 Å². The molecule has 9 heteroatoms. The standard InChI is InChI=1S/C20H19N5O4/c1-3-24(15-6-4-5-13(2)9-15)20-18(25(26)27)19(21-11-22-20)23-14-7-8-16-17(10-14)29-12-28-16/h4-11H,3,12H2,1-2H3,(H,21,22,23). The number of fused-ring (bicyclic) bond motifs is 1. The van der Waals surface area contributed by atoms with Crippen LogP contribution >= 0.6 is 0 Å². The third kappa shape index (κ3) is 3.62. The third-order valence-corrected chi connectivity index (χ3v) is 4.51. The van der Waals surface area contributed by atoms with Crippen LogP contribution in [0.1, 0.15) is 12.5 Å². The number of ether oxygens (including phenoxy) is 2. The van der Waals surface area contributed by atoms with Crippen molar-refractivity contribution >= 4 is 28.7 Å². The van der Waals surface area contributed by atoms with E-state index in [1.165, 1.54) is 6.33 Å². The highest BCUT2D eigenvalue weighted by molar-refractivity contribution is 5.78. The summed E-state index contributed by atoms with van der Waals surface area (Å²) >= 11 is 0. The molecule has 3 aromatic rings. The number of aryl methyl sites for hydroxylation is 1. The Balaban J connectivity index is 1.75. The van der Waals surface area contributed by atoms with Crippen LogP contribution in [0.25, 0.3) is 0 Å². The van der Waals surface area contributed by atoms with E-state index in [0.717, 1.165) is 11.3 Å². The number of hydrogen-bond donors (Lipinski definition) is 1. The van der Waals surface area contributed by atoms with E-state index < -0.39 is 4.92 Å². The van der Waals surface area contributed by atoms with Crippen LogP contribution in [0, 0.1) is 17.0 Å². The number of nitrogens with one attached hydrogen (secondary N) is 1. The molecule has 1 N–H and O–H groups in total. The second-order valence-electron chi connectivity index (χ2n) is 6.43. The average molecular weight is 393 g/mol. The zero-order chi connectivity index (χ0) is 20.4. The Morgan fingerprint density at radius 3 is 2.76 bits per heavy atom. The summed E-state index contributed by atoms with van der Waals surface area (Å²) < 4.78 is 10.7. The van der Waals surface area contributed by atoms with Gasteiger partial charge in [-0.3, -0.25) is 10.1 Å². The van der Waals surface area contributed by atoms with Crippen molar-refractivity contribution in [3.05, 3.63) is 64.5 Å². The zero-order valence-corrected chi connectivity index (χ0v) is 16.0. The zero-order valence-electron chi connectivity index (χ0n) is 16.0. The molecule has 0 amide bonds. The molecule has 2 heterocycles. The summed E-state index contributed by atoms with van der Waals surface area (Å²) in [5, 5.41) is 15.0. The van der Waals surface area contributed by atoms with Gasteiger partial charge < -0.3 is 19.7 Å². The minimum Gasteiger partial charge on any atom is -0.454 e. The van der Waals surface area contributed by atoms with Gasteiger partial charge in [-0.05, 0) is 43.7 Å². The quantitative estimate of drug-likeness (QED) is 0.488. The van der Waals surface area contributed by atoms with Gasteiger partial charge in [0.05, 0.1) is 4.92 Å². The van der Waals surface area contributed by atoms with Gasteiger partial charge in [0.15, 0.2) is 11.5 Å². The molecule has 148 valence electrons. The van der Waals surface area contributed by atoms with E-state index >= 15 is 0 Å². The van der Waals surface area contributed by atoms with Gasteiger partial charge in [-0.1, -0.05) is 12.1 Å². The smallest absolute Gasteiger partial charge is 0.354 e. The molecule has 1 aliphatic rings. The largest absolute Gasteiger partial charge is 0.454 e. The summed E-state index contributed by atoms with van der Waals surface area (Å²) in [6, 6.07) is 12.9. The predicted octanol–water partition coefficient (Wildman–Crippen LogP) is 4.32. The van der Waals surface area contributed by atoms with Crippen molar-refractivity contribution in [3.8, 4) is 11.5 Å². The number of nitro groups is 1. The molecule has 0 unspecified atom stereocenters. The topological polar surface area (TPSA) is 103 Å². The van der Waals surface area contributed by atoms with E-state index in [2.05, 4.69) is 15.3 Å². The molecule has 9 nitrogen and oxygen atoms in total. The molecule has 2 aromatic carbocycles. The van der Waals surface area contributed by atoms with Gasteiger partial charge in [-0.2, -0.15) is 0 Å². The molecule has 0 bridgehead atoms. The maximum atomic E-state index is 12.0. The van der Waals surface area contributed by atoms with Crippen molar-refractivity contribution in [1.29, 1.82) is 0 Å². The SMILES string of the molecule is CCN(c1cccc(C)c1)c1ncnc(Nc2ccc3c(c2)OCO3)c1[N+](=O)[O-]. The van der Waals surface area contributed by atoms with E-state index in [9.17, 15) is 10.1 Å². The lowest BCUT2D eigenvalue weighted by atomic mass is 10.2. The van der Waals surface area contributed by atoms with Crippen LogP contribution in [-0.2, 0) is 0 Å². The molecule has 4 rings (SSSR count). The van der Waals surface area contributed by atoms with Gasteiger partial charge in [0.25, 0.3) is 0 Å². The number of anilines is 4. The predicted molar refractivity (Wildman–Crippen MR) is 108 cm³/mol. The Labute approximate surface area is 167 Å². The highest BCUT2D eigenvalue weighted by atomic mass is 16.7. The molecule has 0 spiro atoms. The fraction of sp³-hybridized carbons (Fsp3) is 0.200. The van der Waals surface area contributed by atoms with E-state index in [0.29, 0.717) is 23.7 Å². The summed E-state index contributed by atoms with van der Waals surface area (Å²) in [6.45, 7) is 4.54. The minimum atomic E-state index is -0.469. The van der Waals surface area contributed by atoms with E-state index in [1.807, 2.05) is 38.1 Å². The number of nitrogens with zero attached hydrogens (tertiary/aromatic N) is 4. The molecule has 0 saturated heterocycles. The Bertz CT molecular complexity index is 1070. The van der Waals surface area contributed by atoms with E-state index in [4.69, 9.17) is 9.47 Å². The molecule has 1 aliphatic heterocycles. The maximum absolute atomic E-state index is 12.0. The van der Waals surface area contributed by atoms with Crippen LogP contribution < -0.4 is 19.7 Å². The van der Waals surface area contributed by atoms with Crippen molar-refractivity contribution in [1.82, 2.24) is 9.97 Å². The summed E-state index contributed by atoms with van der Waals surface area (Å²) in [4.78, 5) is 21.6. The molecule has 0 fully saturated rings. The number of hydrogen-bond acceptors (Lipinski definition) is 8. The molecule has 0 atom stereocenters. The highest BCUT2D eigenvalue weighted by Gasteiger charge is 2.28. The molecule has 0 saturated carbocycles. The van der Waals surface area contributed by atoms with Gasteiger partial charge in [-0.25, -0.2) is 9.97 Å². The second kappa shape index (κ2) is 7.63. The van der Waals surface area contributed by atoms with Crippen LogP contribution in [0.2, 0.25) is 0 Å². The summed E-state index contributed by atoms with van der Waals surface area (Å²) in [7, 11) is 0. The van der Waals surface area contributed by atoms with Gasteiger partial charge >= 0.3 is 5.69 Å². The monoisotopic (exact) mass is 393 g/mol. The van der Waals surface area contributed by atoms with Gasteiger partial charge in [0, 0.05) is 24.0 Å². The van der Waals surface area contributed by atoms with Crippen molar-refractivity contribution in [2.24, 2.45) is 0 Å². The number of benzene rings is 2. The molecule has 1 aromatic heterocycles. The first kappa shape index (κ1) is 18.5. The highest BCUT2D eigenvalue weighted by Crippen LogP contribution is 2.39. The normalized spacial score (nSPS) is 11.9. The van der Waals surface area contributed by atoms with Crippen LogP contribution in [0.5, 0.6) is 11.5 Å². The Morgan fingerprint density at radius 2 is 2.00 bits per heavy atom. The molecular weight excluding hydrogens is 374 g/mol. The summed E-state index contributed by atoms with van der Waals surface area (Å²) in [5.74, 6) is 1.53. The summed E-state index contributed by atoms with van der Waals surface area (Å²) in [5.41, 5.74) is 2.27. The van der Waals surface area contributed by atoms with Crippen LogP contribution in [-0.4, -0.2) is 28.2 Å². The molecular formula is C20H19N5O4. The fourth-order valence-electron chi connectivity index (χ4n) is 3.19. The lowest BCUT2D eigenvalue weighted by molar-refractivity contribution is -0.383. The first-order chi connectivity index (χ1) is 14.1. The van der Waals surface area contributed by atoms with Crippen molar-refractivity contribution in [2.45, 2.75) is 13.8 Å². The third-order valence-electron chi connectivity index (χ3n) is 4.51. The fourth-order valence-corrected chi connectivity index (χ4v) is 3.19. The van der Waals surface area contributed by atoms with Crippen molar-refractivity contribution in [2.75, 3.05) is 23.6 Å². The molecule has 0 aliphatic carbocycles. The first-order valence-electron chi connectivity index (χ1n) is 9.07. The molecule has 0 radical (unpaired) electrons. The van der Waals surface area contributed by atoms with Gasteiger partial charge in [0.2, 0.25) is 18.4 Å². The second-order valence-corrected chi connectivity index (χ2v) is 6.43. The minimum absolute atomic E-state index is 0.102. The maximum Gasteiger partial charge on any atom is 0.354 e. The van der Waals surface area contributed by atoms with Gasteiger partial charge in [-0.15, -0.1) is 0 Å². The lowest BCUT2D eigenvalue weighted by Gasteiger charge is -2.22. The Kier molecular flexibility index (Phi) is 4.86. The first-order valence-corrected chi connectivity index (χ1v) is 9.07. The number of rotatable bonds is 6. The lowest BCUT2D eigenvalue weighted by Crippen LogP contribution is -2.19.